The lowest BCUT2D eigenvalue weighted by Gasteiger charge is -2.13. The topological polar surface area (TPSA) is 78.4 Å². The third-order valence-corrected chi connectivity index (χ3v) is 2.36. The van der Waals surface area contributed by atoms with Crippen molar-refractivity contribution >= 4 is 12.0 Å². The van der Waals surface area contributed by atoms with E-state index in [2.05, 4.69) is 15.3 Å². The number of hydrogen-bond donors (Lipinski definition) is 2. The average Bonchev–Trinajstić information content (AvgIpc) is 2.68. The second-order valence-electron chi connectivity index (χ2n) is 3.43. The number of carboxylic acid groups (broad SMARTS) is 1. The van der Waals surface area contributed by atoms with Crippen LogP contribution in [0.25, 0.3) is 0 Å². The van der Waals surface area contributed by atoms with Gasteiger partial charge in [-0.1, -0.05) is 0 Å². The van der Waals surface area contributed by atoms with Crippen molar-refractivity contribution in [2.45, 2.75) is 12.5 Å². The molecule has 1 aliphatic heterocycles. The highest BCUT2D eigenvalue weighted by Gasteiger charge is 2.25. The van der Waals surface area contributed by atoms with Crippen molar-refractivity contribution in [3.63, 3.8) is 0 Å². The normalized spacial score (nSPS) is 20.3. The molecule has 0 aliphatic carbocycles. The van der Waals surface area contributed by atoms with Gasteiger partial charge in [-0.05, 0) is 12.5 Å². The van der Waals surface area contributed by atoms with E-state index in [1.807, 2.05) is 0 Å². The van der Waals surface area contributed by atoms with E-state index in [0.29, 0.717) is 19.0 Å². The highest BCUT2D eigenvalue weighted by atomic mass is 16.4. The van der Waals surface area contributed by atoms with Gasteiger partial charge in [0.05, 0.1) is 0 Å². The molecule has 80 valence electrons. The number of nitrogens with zero attached hydrogens (tertiary/aromatic N) is 3. The minimum Gasteiger partial charge on any atom is -0.465 e. The van der Waals surface area contributed by atoms with E-state index in [-0.39, 0.29) is 6.04 Å². The molecule has 0 radical (unpaired) electrons. The number of anilines is 1. The van der Waals surface area contributed by atoms with Crippen LogP contribution in [0.15, 0.2) is 18.5 Å². The molecule has 1 aromatic heterocycles. The van der Waals surface area contributed by atoms with E-state index in [1.54, 1.807) is 18.5 Å². The zero-order chi connectivity index (χ0) is 10.7. The molecule has 1 fully saturated rings. The van der Waals surface area contributed by atoms with Gasteiger partial charge < -0.3 is 15.3 Å². The fourth-order valence-electron chi connectivity index (χ4n) is 1.61. The Balaban J connectivity index is 1.90. The zero-order valence-electron chi connectivity index (χ0n) is 8.13. The molecule has 1 unspecified atom stereocenters. The summed E-state index contributed by atoms with van der Waals surface area (Å²) in [6.45, 7) is 1.06. The molecule has 0 saturated carbocycles. The Morgan fingerprint density at radius 2 is 2.27 bits per heavy atom. The monoisotopic (exact) mass is 208 g/mol. The SMILES string of the molecule is O=C(O)N1CCC(Nc2ncccn2)C1. The van der Waals surface area contributed by atoms with Crippen molar-refractivity contribution < 1.29 is 9.90 Å². The number of hydrogen-bond acceptors (Lipinski definition) is 4. The van der Waals surface area contributed by atoms with Gasteiger partial charge in [0, 0.05) is 31.5 Å². The van der Waals surface area contributed by atoms with E-state index >= 15 is 0 Å². The van der Waals surface area contributed by atoms with Crippen LogP contribution in [0.3, 0.4) is 0 Å². The lowest BCUT2D eigenvalue weighted by atomic mass is 10.3. The smallest absolute Gasteiger partial charge is 0.407 e. The van der Waals surface area contributed by atoms with Crippen LogP contribution in [0, 0.1) is 0 Å². The van der Waals surface area contributed by atoms with E-state index in [9.17, 15) is 4.79 Å². The van der Waals surface area contributed by atoms with E-state index in [4.69, 9.17) is 5.11 Å². The first-order valence-electron chi connectivity index (χ1n) is 4.77. The first-order valence-corrected chi connectivity index (χ1v) is 4.77. The number of likely N-dealkylation sites (tertiary alicyclic amines) is 1. The Labute approximate surface area is 87.0 Å². The first-order chi connectivity index (χ1) is 7.25. The molecule has 1 saturated heterocycles. The van der Waals surface area contributed by atoms with Crippen LogP contribution in [0.4, 0.5) is 10.7 Å². The van der Waals surface area contributed by atoms with Gasteiger partial charge in [0.2, 0.25) is 5.95 Å². The van der Waals surface area contributed by atoms with Crippen LogP contribution in [-0.2, 0) is 0 Å². The van der Waals surface area contributed by atoms with Gasteiger partial charge >= 0.3 is 6.09 Å². The molecule has 1 amide bonds. The maximum atomic E-state index is 10.7. The third kappa shape index (κ3) is 2.34. The predicted octanol–water partition coefficient (Wildman–Crippen LogP) is 0.641. The zero-order valence-corrected chi connectivity index (χ0v) is 8.13. The summed E-state index contributed by atoms with van der Waals surface area (Å²) in [5, 5.41) is 11.9. The molecule has 1 atom stereocenters. The minimum atomic E-state index is -0.867. The summed E-state index contributed by atoms with van der Waals surface area (Å²) in [6, 6.07) is 1.85. The molecular weight excluding hydrogens is 196 g/mol. The molecule has 15 heavy (non-hydrogen) atoms. The fraction of sp³-hybridized carbons (Fsp3) is 0.444. The molecule has 6 heteroatoms. The molecule has 2 heterocycles. The Morgan fingerprint density at radius 3 is 2.87 bits per heavy atom. The third-order valence-electron chi connectivity index (χ3n) is 2.36. The molecule has 0 spiro atoms. The van der Waals surface area contributed by atoms with Gasteiger partial charge in [0.15, 0.2) is 0 Å². The summed E-state index contributed by atoms with van der Waals surface area (Å²) in [7, 11) is 0. The van der Waals surface area contributed by atoms with Crippen LogP contribution in [0.2, 0.25) is 0 Å². The average molecular weight is 208 g/mol. The molecule has 0 aromatic carbocycles. The van der Waals surface area contributed by atoms with Crippen LogP contribution < -0.4 is 5.32 Å². The Morgan fingerprint density at radius 1 is 1.53 bits per heavy atom. The summed E-state index contributed by atoms with van der Waals surface area (Å²) in [5.74, 6) is 0.551. The number of amides is 1. The van der Waals surface area contributed by atoms with Gasteiger partial charge in [-0.2, -0.15) is 0 Å². The van der Waals surface area contributed by atoms with Gasteiger partial charge in [-0.15, -0.1) is 0 Å². The van der Waals surface area contributed by atoms with Crippen LogP contribution >= 0.6 is 0 Å². The first kappa shape index (κ1) is 9.70. The number of rotatable bonds is 2. The van der Waals surface area contributed by atoms with Gasteiger partial charge in [-0.25, -0.2) is 14.8 Å². The van der Waals surface area contributed by atoms with Gasteiger partial charge in [0.1, 0.15) is 0 Å². The van der Waals surface area contributed by atoms with Gasteiger partial charge in [-0.3, -0.25) is 0 Å². The summed E-state index contributed by atoms with van der Waals surface area (Å²) in [5.41, 5.74) is 0. The standard InChI is InChI=1S/C9H12N4O2/c14-9(15)13-5-2-7(6-13)12-8-10-3-1-4-11-8/h1,3-4,7H,2,5-6H2,(H,14,15)(H,10,11,12). The lowest BCUT2D eigenvalue weighted by molar-refractivity contribution is 0.155. The Kier molecular flexibility index (Phi) is 2.66. The van der Waals surface area contributed by atoms with Crippen LogP contribution in [-0.4, -0.2) is 45.2 Å². The summed E-state index contributed by atoms with van der Waals surface area (Å²) in [4.78, 5) is 20.1. The molecular formula is C9H12N4O2. The van der Waals surface area contributed by atoms with E-state index in [0.717, 1.165) is 6.42 Å². The highest BCUT2D eigenvalue weighted by Crippen LogP contribution is 2.12. The van der Waals surface area contributed by atoms with Crippen LogP contribution in [0.5, 0.6) is 0 Å². The quantitative estimate of drug-likeness (QED) is 0.745. The number of nitrogens with one attached hydrogen (secondary N) is 1. The molecule has 1 aliphatic rings. The highest BCUT2D eigenvalue weighted by molar-refractivity contribution is 5.65. The summed E-state index contributed by atoms with van der Waals surface area (Å²) >= 11 is 0. The maximum absolute atomic E-state index is 10.7. The number of carbonyl (C=O) groups is 1. The van der Waals surface area contributed by atoms with Crippen molar-refractivity contribution in [2.75, 3.05) is 18.4 Å². The van der Waals surface area contributed by atoms with Crippen LogP contribution in [0.1, 0.15) is 6.42 Å². The largest absolute Gasteiger partial charge is 0.465 e. The lowest BCUT2D eigenvalue weighted by Crippen LogP contribution is -2.30. The minimum absolute atomic E-state index is 0.114. The molecule has 1 aromatic rings. The Hall–Kier alpha value is -1.85. The summed E-state index contributed by atoms with van der Waals surface area (Å²) in [6.07, 6.45) is 3.23. The maximum Gasteiger partial charge on any atom is 0.407 e. The van der Waals surface area contributed by atoms with Crippen molar-refractivity contribution in [1.29, 1.82) is 0 Å². The molecule has 2 rings (SSSR count). The predicted molar refractivity (Wildman–Crippen MR) is 53.7 cm³/mol. The van der Waals surface area contributed by atoms with E-state index in [1.165, 1.54) is 4.90 Å². The molecule has 0 bridgehead atoms. The summed E-state index contributed by atoms with van der Waals surface area (Å²) < 4.78 is 0. The van der Waals surface area contributed by atoms with Crippen molar-refractivity contribution in [3.05, 3.63) is 18.5 Å². The molecule has 6 nitrogen and oxygen atoms in total. The van der Waals surface area contributed by atoms with Crippen molar-refractivity contribution in [2.24, 2.45) is 0 Å². The van der Waals surface area contributed by atoms with Crippen molar-refractivity contribution in [3.8, 4) is 0 Å². The Bertz CT molecular complexity index is 343. The fourth-order valence-corrected chi connectivity index (χ4v) is 1.61. The van der Waals surface area contributed by atoms with E-state index < -0.39 is 6.09 Å². The molecule has 2 N–H and O–H groups in total. The van der Waals surface area contributed by atoms with Crippen molar-refractivity contribution in [1.82, 2.24) is 14.9 Å². The second kappa shape index (κ2) is 4.12. The van der Waals surface area contributed by atoms with Gasteiger partial charge in [0.25, 0.3) is 0 Å². The number of aromatic nitrogens is 2. The second-order valence-corrected chi connectivity index (χ2v) is 3.43.